The molecule has 1 amide bonds. The van der Waals surface area contributed by atoms with Gasteiger partial charge in [-0.25, -0.2) is 0 Å². The van der Waals surface area contributed by atoms with Crippen molar-refractivity contribution in [3.63, 3.8) is 0 Å². The number of benzene rings is 1. The summed E-state index contributed by atoms with van der Waals surface area (Å²) in [4.78, 5) is 11.8. The molecule has 0 aliphatic carbocycles. The fraction of sp³-hybridized carbons (Fsp3) is 0.533. The predicted octanol–water partition coefficient (Wildman–Crippen LogP) is 3.70. The number of nitrogens with one attached hydrogen (secondary N) is 1. The Labute approximate surface area is 132 Å². The van der Waals surface area contributed by atoms with Crippen molar-refractivity contribution in [3.8, 4) is 0 Å². The topological polar surface area (TPSA) is 55.1 Å². The molecule has 0 saturated heterocycles. The highest BCUT2D eigenvalue weighted by Crippen LogP contribution is 2.23. The Morgan fingerprint density at radius 1 is 1.30 bits per heavy atom. The van der Waals surface area contributed by atoms with Crippen molar-refractivity contribution < 1.29 is 4.79 Å². The van der Waals surface area contributed by atoms with E-state index in [9.17, 15) is 4.79 Å². The largest absolute Gasteiger partial charge is 0.349 e. The predicted molar refractivity (Wildman–Crippen MR) is 87.3 cm³/mol. The van der Waals surface area contributed by atoms with Crippen molar-refractivity contribution >= 4 is 29.9 Å². The summed E-state index contributed by atoms with van der Waals surface area (Å²) >= 11 is 5.90. The van der Waals surface area contributed by atoms with E-state index < -0.39 is 0 Å². The van der Waals surface area contributed by atoms with E-state index in [0.29, 0.717) is 23.9 Å². The molecular formula is C15H24Cl2N2O. The molecular weight excluding hydrogens is 295 g/mol. The number of carbonyl (C=O) groups excluding carboxylic acids is 1. The molecule has 3 nitrogen and oxygen atoms in total. The van der Waals surface area contributed by atoms with Crippen molar-refractivity contribution in [2.75, 3.05) is 6.54 Å². The lowest BCUT2D eigenvalue weighted by Crippen LogP contribution is -2.29. The Balaban J connectivity index is 0.00000361. The monoisotopic (exact) mass is 318 g/mol. The zero-order valence-corrected chi connectivity index (χ0v) is 13.6. The number of carbonyl (C=O) groups is 1. The summed E-state index contributed by atoms with van der Waals surface area (Å²) in [5.41, 5.74) is 6.52. The van der Waals surface area contributed by atoms with Crippen LogP contribution in [0.25, 0.3) is 0 Å². The van der Waals surface area contributed by atoms with E-state index in [1.54, 1.807) is 0 Å². The van der Waals surface area contributed by atoms with E-state index in [1.165, 1.54) is 0 Å². The van der Waals surface area contributed by atoms with E-state index >= 15 is 0 Å². The third kappa shape index (κ3) is 7.13. The molecule has 0 saturated carbocycles. The van der Waals surface area contributed by atoms with Crippen LogP contribution in [0, 0.1) is 5.92 Å². The van der Waals surface area contributed by atoms with Crippen molar-refractivity contribution in [1.82, 2.24) is 5.32 Å². The average molecular weight is 319 g/mol. The Hall–Kier alpha value is -0.770. The SMILES string of the molecule is CC(C)CC(NC(=O)CCCN)c1ccc(Cl)cc1.Cl. The minimum absolute atomic E-state index is 0. The van der Waals surface area contributed by atoms with Gasteiger partial charge in [-0.15, -0.1) is 12.4 Å². The number of rotatable bonds is 7. The van der Waals surface area contributed by atoms with Gasteiger partial charge in [-0.1, -0.05) is 37.6 Å². The smallest absolute Gasteiger partial charge is 0.220 e. The lowest BCUT2D eigenvalue weighted by atomic mass is 9.97. The van der Waals surface area contributed by atoms with Gasteiger partial charge in [0.05, 0.1) is 6.04 Å². The highest BCUT2D eigenvalue weighted by molar-refractivity contribution is 6.30. The third-order valence-electron chi connectivity index (χ3n) is 2.92. The van der Waals surface area contributed by atoms with Gasteiger partial charge < -0.3 is 11.1 Å². The minimum atomic E-state index is 0. The van der Waals surface area contributed by atoms with Gasteiger partial charge in [0.25, 0.3) is 0 Å². The minimum Gasteiger partial charge on any atom is -0.349 e. The molecule has 3 N–H and O–H groups in total. The second-order valence-electron chi connectivity index (χ2n) is 5.19. The average Bonchev–Trinajstić information content (AvgIpc) is 2.36. The van der Waals surface area contributed by atoms with Crippen LogP contribution in [0.4, 0.5) is 0 Å². The lowest BCUT2D eigenvalue weighted by molar-refractivity contribution is -0.122. The second-order valence-corrected chi connectivity index (χ2v) is 5.63. The highest BCUT2D eigenvalue weighted by atomic mass is 35.5. The van der Waals surface area contributed by atoms with Crippen LogP contribution in [0.5, 0.6) is 0 Å². The normalized spacial score (nSPS) is 11.8. The van der Waals surface area contributed by atoms with Gasteiger partial charge in [0.1, 0.15) is 0 Å². The molecule has 0 bridgehead atoms. The van der Waals surface area contributed by atoms with Crippen LogP contribution >= 0.6 is 24.0 Å². The van der Waals surface area contributed by atoms with Gasteiger partial charge in [0.15, 0.2) is 0 Å². The van der Waals surface area contributed by atoms with Crippen molar-refractivity contribution in [3.05, 3.63) is 34.9 Å². The van der Waals surface area contributed by atoms with E-state index in [-0.39, 0.29) is 24.4 Å². The first-order valence-corrected chi connectivity index (χ1v) is 7.15. The Kier molecular flexibility index (Phi) is 9.64. The van der Waals surface area contributed by atoms with E-state index in [0.717, 1.165) is 18.4 Å². The molecule has 20 heavy (non-hydrogen) atoms. The Bertz CT molecular complexity index is 393. The van der Waals surface area contributed by atoms with Gasteiger partial charge in [-0.3, -0.25) is 4.79 Å². The van der Waals surface area contributed by atoms with Gasteiger partial charge >= 0.3 is 0 Å². The molecule has 0 radical (unpaired) electrons. The number of hydrogen-bond donors (Lipinski definition) is 2. The maximum Gasteiger partial charge on any atom is 0.220 e. The number of nitrogens with two attached hydrogens (primary N) is 1. The zero-order chi connectivity index (χ0) is 14.3. The number of halogens is 2. The molecule has 0 heterocycles. The molecule has 0 fully saturated rings. The van der Waals surface area contributed by atoms with Gasteiger partial charge in [0, 0.05) is 11.4 Å². The van der Waals surface area contributed by atoms with Crippen LogP contribution in [0.15, 0.2) is 24.3 Å². The molecule has 0 aliphatic rings. The highest BCUT2D eigenvalue weighted by Gasteiger charge is 2.15. The van der Waals surface area contributed by atoms with E-state index in [2.05, 4.69) is 19.2 Å². The summed E-state index contributed by atoms with van der Waals surface area (Å²) in [6, 6.07) is 7.70. The summed E-state index contributed by atoms with van der Waals surface area (Å²) in [5, 5.41) is 3.79. The summed E-state index contributed by atoms with van der Waals surface area (Å²) < 4.78 is 0. The fourth-order valence-electron chi connectivity index (χ4n) is 1.97. The van der Waals surface area contributed by atoms with E-state index in [1.807, 2.05) is 24.3 Å². The molecule has 0 spiro atoms. The van der Waals surface area contributed by atoms with Crippen LogP contribution in [-0.4, -0.2) is 12.5 Å². The first-order valence-electron chi connectivity index (χ1n) is 6.77. The van der Waals surface area contributed by atoms with Crippen LogP contribution in [0.3, 0.4) is 0 Å². The van der Waals surface area contributed by atoms with E-state index in [4.69, 9.17) is 17.3 Å². The first-order chi connectivity index (χ1) is 9.02. The summed E-state index contributed by atoms with van der Waals surface area (Å²) in [5.74, 6) is 0.571. The molecule has 114 valence electrons. The number of hydrogen-bond acceptors (Lipinski definition) is 2. The standard InChI is InChI=1S/C15H23ClN2O.ClH/c1-11(2)10-14(18-15(19)4-3-9-17)12-5-7-13(16)8-6-12;/h5-8,11,14H,3-4,9-10,17H2,1-2H3,(H,18,19);1H. The van der Waals surface area contributed by atoms with Crippen molar-refractivity contribution in [2.45, 2.75) is 39.2 Å². The molecule has 0 aromatic heterocycles. The second kappa shape index (κ2) is 10.0. The fourth-order valence-corrected chi connectivity index (χ4v) is 2.10. The summed E-state index contributed by atoms with van der Waals surface area (Å²) in [7, 11) is 0. The van der Waals surface area contributed by atoms with Crippen LogP contribution in [-0.2, 0) is 4.79 Å². The maximum atomic E-state index is 11.8. The number of amides is 1. The van der Waals surface area contributed by atoms with Gasteiger partial charge in [0.2, 0.25) is 5.91 Å². The molecule has 1 atom stereocenters. The third-order valence-corrected chi connectivity index (χ3v) is 3.17. The Morgan fingerprint density at radius 2 is 1.90 bits per heavy atom. The summed E-state index contributed by atoms with van der Waals surface area (Å²) in [6.45, 7) is 4.84. The quantitative estimate of drug-likeness (QED) is 0.805. The zero-order valence-electron chi connectivity index (χ0n) is 12.1. The van der Waals surface area contributed by atoms with Crippen LogP contribution in [0.1, 0.15) is 44.7 Å². The maximum absolute atomic E-state index is 11.8. The lowest BCUT2D eigenvalue weighted by Gasteiger charge is -2.21. The van der Waals surface area contributed by atoms with Gasteiger partial charge in [-0.2, -0.15) is 0 Å². The first kappa shape index (κ1) is 19.2. The van der Waals surface area contributed by atoms with Crippen molar-refractivity contribution in [2.24, 2.45) is 11.7 Å². The molecule has 1 aromatic rings. The molecule has 0 aliphatic heterocycles. The van der Waals surface area contributed by atoms with Crippen molar-refractivity contribution in [1.29, 1.82) is 0 Å². The van der Waals surface area contributed by atoms with Crippen LogP contribution < -0.4 is 11.1 Å². The Morgan fingerprint density at radius 3 is 2.40 bits per heavy atom. The molecule has 5 heteroatoms. The molecule has 1 unspecified atom stereocenters. The van der Waals surface area contributed by atoms with Crippen LogP contribution in [0.2, 0.25) is 5.02 Å². The molecule has 1 rings (SSSR count). The van der Waals surface area contributed by atoms with Gasteiger partial charge in [-0.05, 0) is 43.0 Å². The molecule has 1 aromatic carbocycles. The summed E-state index contributed by atoms with van der Waals surface area (Å²) in [6.07, 6.45) is 2.12.